The summed E-state index contributed by atoms with van der Waals surface area (Å²) >= 11 is 1.90. The molecule has 0 aliphatic heterocycles. The minimum Gasteiger partial charge on any atom is -0.495 e. The summed E-state index contributed by atoms with van der Waals surface area (Å²) < 4.78 is 5.26. The number of hydrogen-bond acceptors (Lipinski definition) is 4. The van der Waals surface area contributed by atoms with E-state index in [1.165, 1.54) is 5.56 Å². The molecule has 4 heteroatoms. The number of methoxy groups -OCH3 is 1. The summed E-state index contributed by atoms with van der Waals surface area (Å²) in [7, 11) is 5.79. The molecule has 0 aliphatic carbocycles. The number of benzene rings is 1. The lowest BCUT2D eigenvalue weighted by Crippen LogP contribution is -2.14. The van der Waals surface area contributed by atoms with E-state index in [0.717, 1.165) is 29.4 Å². The summed E-state index contributed by atoms with van der Waals surface area (Å²) in [6, 6.07) is 6.03. The molecule has 0 fully saturated rings. The van der Waals surface area contributed by atoms with Crippen LogP contribution in [-0.4, -0.2) is 50.1 Å². The highest BCUT2D eigenvalue weighted by Crippen LogP contribution is 2.21. The van der Waals surface area contributed by atoms with Gasteiger partial charge in [-0.2, -0.15) is 11.8 Å². The fourth-order valence-corrected chi connectivity index (χ4v) is 2.57. The zero-order valence-electron chi connectivity index (χ0n) is 11.8. The average Bonchev–Trinajstić information content (AvgIpc) is 2.41. The monoisotopic (exact) mass is 279 g/mol. The number of nitrogens with zero attached hydrogens (tertiary/aromatic N) is 1. The largest absolute Gasteiger partial charge is 0.495 e. The van der Waals surface area contributed by atoms with Gasteiger partial charge in [-0.25, -0.2) is 0 Å². The number of thioether (sulfide) groups is 1. The third-order valence-corrected chi connectivity index (χ3v) is 3.53. The fourth-order valence-electron chi connectivity index (χ4n) is 1.51. The maximum Gasteiger partial charge on any atom is 0.134 e. The Balaban J connectivity index is 2.64. The summed E-state index contributed by atoms with van der Waals surface area (Å²) in [5, 5.41) is 8.76. The predicted octanol–water partition coefficient (Wildman–Crippen LogP) is 1.83. The van der Waals surface area contributed by atoms with E-state index in [0.29, 0.717) is 0 Å². The summed E-state index contributed by atoms with van der Waals surface area (Å²) in [5.41, 5.74) is 2.06. The Hall–Kier alpha value is -1.15. The van der Waals surface area contributed by atoms with Gasteiger partial charge in [-0.3, -0.25) is 0 Å². The molecule has 104 valence electrons. The van der Waals surface area contributed by atoms with Gasteiger partial charge in [-0.15, -0.1) is 0 Å². The van der Waals surface area contributed by atoms with Crippen molar-refractivity contribution < 1.29 is 9.84 Å². The maximum atomic E-state index is 8.76. The molecule has 1 aromatic carbocycles. The second-order valence-corrected chi connectivity index (χ2v) is 5.46. The van der Waals surface area contributed by atoms with Crippen molar-refractivity contribution in [1.82, 2.24) is 4.90 Å². The van der Waals surface area contributed by atoms with Crippen molar-refractivity contribution in [3.8, 4) is 17.6 Å². The number of aliphatic hydroxyl groups is 1. The lowest BCUT2D eigenvalue weighted by molar-refractivity contribution is 0.350. The molecular formula is C15H21NO2S. The van der Waals surface area contributed by atoms with Crippen LogP contribution in [0.4, 0.5) is 0 Å². The lowest BCUT2D eigenvalue weighted by atomic mass is 10.1. The first-order chi connectivity index (χ1) is 9.17. The minimum absolute atomic E-state index is 0.134. The topological polar surface area (TPSA) is 32.7 Å². The SMILES string of the molecule is COc1ccc(CSCCN(C)C)cc1C#CCO. The van der Waals surface area contributed by atoms with Crippen molar-refractivity contribution in [2.45, 2.75) is 5.75 Å². The van der Waals surface area contributed by atoms with Crippen molar-refractivity contribution in [3.63, 3.8) is 0 Å². The highest BCUT2D eigenvalue weighted by molar-refractivity contribution is 7.98. The molecule has 3 nitrogen and oxygen atoms in total. The van der Waals surface area contributed by atoms with E-state index in [-0.39, 0.29) is 6.61 Å². The second-order valence-electron chi connectivity index (χ2n) is 4.35. The number of aliphatic hydroxyl groups excluding tert-OH is 1. The highest BCUT2D eigenvalue weighted by atomic mass is 32.2. The van der Waals surface area contributed by atoms with Gasteiger partial charge in [0.15, 0.2) is 0 Å². The van der Waals surface area contributed by atoms with Crippen molar-refractivity contribution in [2.24, 2.45) is 0 Å². The molecule has 0 aliphatic rings. The first-order valence-electron chi connectivity index (χ1n) is 6.16. The third-order valence-electron chi connectivity index (χ3n) is 2.52. The maximum absolute atomic E-state index is 8.76. The van der Waals surface area contributed by atoms with Gasteiger partial charge in [0.25, 0.3) is 0 Å². The molecule has 0 saturated heterocycles. The Morgan fingerprint density at radius 3 is 2.79 bits per heavy atom. The molecular weight excluding hydrogens is 258 g/mol. The zero-order chi connectivity index (χ0) is 14.1. The Labute approximate surface area is 120 Å². The van der Waals surface area contributed by atoms with Crippen LogP contribution in [0.25, 0.3) is 0 Å². The first kappa shape index (κ1) is 15.9. The molecule has 0 amide bonds. The van der Waals surface area contributed by atoms with Gasteiger partial charge >= 0.3 is 0 Å². The predicted molar refractivity (Wildman–Crippen MR) is 81.7 cm³/mol. The van der Waals surface area contributed by atoms with Crippen molar-refractivity contribution in [1.29, 1.82) is 0 Å². The van der Waals surface area contributed by atoms with E-state index in [1.807, 2.05) is 23.9 Å². The lowest BCUT2D eigenvalue weighted by Gasteiger charge is -2.09. The number of rotatable bonds is 6. The van der Waals surface area contributed by atoms with Gasteiger partial charge in [0, 0.05) is 18.1 Å². The van der Waals surface area contributed by atoms with Crippen LogP contribution in [0.3, 0.4) is 0 Å². The zero-order valence-corrected chi connectivity index (χ0v) is 12.6. The number of hydrogen-bond donors (Lipinski definition) is 1. The van der Waals surface area contributed by atoms with Crippen molar-refractivity contribution in [2.75, 3.05) is 40.1 Å². The molecule has 0 atom stereocenters. The quantitative estimate of drug-likeness (QED) is 0.636. The van der Waals surface area contributed by atoms with Crippen LogP contribution in [0.15, 0.2) is 18.2 Å². The smallest absolute Gasteiger partial charge is 0.134 e. The van der Waals surface area contributed by atoms with Gasteiger partial charge in [-0.1, -0.05) is 17.9 Å². The van der Waals surface area contributed by atoms with Crippen molar-refractivity contribution in [3.05, 3.63) is 29.3 Å². The Kier molecular flexibility index (Phi) is 7.42. The molecule has 0 aromatic heterocycles. The van der Waals surface area contributed by atoms with Gasteiger partial charge in [0.2, 0.25) is 0 Å². The molecule has 19 heavy (non-hydrogen) atoms. The summed E-state index contributed by atoms with van der Waals surface area (Å²) in [4.78, 5) is 2.18. The van der Waals surface area contributed by atoms with Crippen LogP contribution >= 0.6 is 11.8 Å². The van der Waals surface area contributed by atoms with Crippen LogP contribution in [0.1, 0.15) is 11.1 Å². The van der Waals surface area contributed by atoms with Crippen LogP contribution in [-0.2, 0) is 5.75 Å². The molecule has 0 bridgehead atoms. The summed E-state index contributed by atoms with van der Waals surface area (Å²) in [5.74, 6) is 8.41. The van der Waals surface area contributed by atoms with E-state index >= 15 is 0 Å². The molecule has 0 radical (unpaired) electrons. The Bertz CT molecular complexity index is 449. The van der Waals surface area contributed by atoms with Crippen LogP contribution in [0.5, 0.6) is 5.75 Å². The molecule has 0 heterocycles. The first-order valence-corrected chi connectivity index (χ1v) is 7.32. The number of ether oxygens (including phenoxy) is 1. The average molecular weight is 279 g/mol. The third kappa shape index (κ3) is 6.02. The van der Waals surface area contributed by atoms with E-state index in [4.69, 9.17) is 9.84 Å². The highest BCUT2D eigenvalue weighted by Gasteiger charge is 2.02. The van der Waals surface area contributed by atoms with E-state index in [1.54, 1.807) is 7.11 Å². The summed E-state index contributed by atoms with van der Waals surface area (Å²) in [6.07, 6.45) is 0. The van der Waals surface area contributed by atoms with Crippen LogP contribution < -0.4 is 4.74 Å². The fraction of sp³-hybridized carbons (Fsp3) is 0.467. The van der Waals surface area contributed by atoms with Crippen LogP contribution in [0.2, 0.25) is 0 Å². The second kappa shape index (κ2) is 8.87. The molecule has 0 spiro atoms. The van der Waals surface area contributed by atoms with E-state index in [2.05, 4.69) is 36.9 Å². The molecule has 1 aromatic rings. The van der Waals surface area contributed by atoms with Crippen molar-refractivity contribution >= 4 is 11.8 Å². The normalized spacial score (nSPS) is 10.2. The van der Waals surface area contributed by atoms with Gasteiger partial charge < -0.3 is 14.7 Å². The molecule has 1 N–H and O–H groups in total. The van der Waals surface area contributed by atoms with E-state index in [9.17, 15) is 0 Å². The standard InChI is InChI=1S/C15H21NO2S/c1-16(2)8-10-19-12-13-6-7-15(18-3)14(11-13)5-4-9-17/h6-7,11,17H,8-10,12H2,1-3H3. The summed E-state index contributed by atoms with van der Waals surface area (Å²) in [6.45, 7) is 0.947. The Morgan fingerprint density at radius 2 is 2.16 bits per heavy atom. The van der Waals surface area contributed by atoms with Crippen LogP contribution in [0, 0.1) is 11.8 Å². The molecule has 1 rings (SSSR count). The molecule has 0 unspecified atom stereocenters. The van der Waals surface area contributed by atoms with E-state index < -0.39 is 0 Å². The molecule has 0 saturated carbocycles. The van der Waals surface area contributed by atoms with Gasteiger partial charge in [0.05, 0.1) is 12.7 Å². The Morgan fingerprint density at radius 1 is 1.37 bits per heavy atom. The minimum atomic E-state index is -0.134. The van der Waals surface area contributed by atoms with Gasteiger partial charge in [0.1, 0.15) is 12.4 Å². The van der Waals surface area contributed by atoms with Gasteiger partial charge in [-0.05, 0) is 31.8 Å².